The van der Waals surface area contributed by atoms with Crippen molar-refractivity contribution in [1.29, 1.82) is 0 Å². The fraction of sp³-hybridized carbons (Fsp3) is 0.481. The van der Waals surface area contributed by atoms with E-state index in [-0.39, 0.29) is 11.9 Å². The standard InChI is InChI=1S/C27H36N2O3/c1-3-5-8-17-25(30)29(24-15-11-7-12-16-24)27(26(31)32-4-2)18-20-28(21-19-27)22-23-13-9-6-10-14-23/h6-7,9-16H,3-5,8,17-22H2,1-2H3. The van der Waals surface area contributed by atoms with Crippen molar-refractivity contribution in [2.24, 2.45) is 0 Å². The maximum absolute atomic E-state index is 13.5. The van der Waals surface area contributed by atoms with Crippen LogP contribution in [0, 0.1) is 0 Å². The van der Waals surface area contributed by atoms with Gasteiger partial charge in [0.15, 0.2) is 0 Å². The number of nitrogens with zero attached hydrogens (tertiary/aromatic N) is 2. The van der Waals surface area contributed by atoms with Gasteiger partial charge >= 0.3 is 5.97 Å². The van der Waals surface area contributed by atoms with Gasteiger partial charge in [0.2, 0.25) is 5.91 Å². The Balaban J connectivity index is 1.87. The van der Waals surface area contributed by atoms with Crippen molar-refractivity contribution >= 4 is 17.6 Å². The second kappa shape index (κ2) is 11.8. The largest absolute Gasteiger partial charge is 0.464 e. The van der Waals surface area contributed by atoms with Crippen LogP contribution in [0.2, 0.25) is 0 Å². The molecule has 0 spiro atoms. The van der Waals surface area contributed by atoms with Crippen molar-refractivity contribution in [3.63, 3.8) is 0 Å². The van der Waals surface area contributed by atoms with Crippen LogP contribution in [-0.4, -0.2) is 42.0 Å². The Morgan fingerprint density at radius 2 is 1.56 bits per heavy atom. The van der Waals surface area contributed by atoms with Crippen LogP contribution in [0.5, 0.6) is 0 Å². The van der Waals surface area contributed by atoms with Crippen LogP contribution in [0.1, 0.15) is 57.9 Å². The van der Waals surface area contributed by atoms with Crippen LogP contribution in [0.4, 0.5) is 5.69 Å². The fourth-order valence-corrected chi connectivity index (χ4v) is 4.55. The molecule has 0 aliphatic carbocycles. The average Bonchev–Trinajstić information content (AvgIpc) is 2.82. The van der Waals surface area contributed by atoms with Crippen molar-refractivity contribution in [1.82, 2.24) is 4.90 Å². The van der Waals surface area contributed by atoms with Gasteiger partial charge in [-0.1, -0.05) is 68.3 Å². The SMILES string of the molecule is CCCCCC(=O)N(c1ccccc1)C1(C(=O)OCC)CCN(Cc2ccccc2)CC1. The molecule has 5 heteroatoms. The summed E-state index contributed by atoms with van der Waals surface area (Å²) in [5.41, 5.74) is 1.07. The molecule has 5 nitrogen and oxygen atoms in total. The lowest BCUT2D eigenvalue weighted by Crippen LogP contribution is -2.62. The third kappa shape index (κ3) is 5.77. The van der Waals surface area contributed by atoms with E-state index in [0.717, 1.165) is 44.6 Å². The number of anilines is 1. The number of rotatable bonds is 10. The first-order valence-corrected chi connectivity index (χ1v) is 11.9. The Morgan fingerprint density at radius 3 is 2.16 bits per heavy atom. The number of amides is 1. The number of ether oxygens (including phenoxy) is 1. The number of carbonyl (C=O) groups excluding carboxylic acids is 2. The highest BCUT2D eigenvalue weighted by Crippen LogP contribution is 2.36. The van der Waals surface area contributed by atoms with Crippen LogP contribution in [0.25, 0.3) is 0 Å². The van der Waals surface area contributed by atoms with E-state index in [9.17, 15) is 9.59 Å². The average molecular weight is 437 g/mol. The summed E-state index contributed by atoms with van der Waals surface area (Å²) in [5.74, 6) is -0.277. The molecule has 0 bridgehead atoms. The van der Waals surface area contributed by atoms with Gasteiger partial charge in [0.25, 0.3) is 0 Å². The monoisotopic (exact) mass is 436 g/mol. The zero-order valence-corrected chi connectivity index (χ0v) is 19.5. The molecule has 0 saturated carbocycles. The highest BCUT2D eigenvalue weighted by Gasteiger charge is 2.50. The van der Waals surface area contributed by atoms with Gasteiger partial charge in [-0.2, -0.15) is 0 Å². The molecule has 0 atom stereocenters. The first kappa shape index (κ1) is 24.0. The Hall–Kier alpha value is -2.66. The number of piperidine rings is 1. The summed E-state index contributed by atoms with van der Waals surface area (Å²) >= 11 is 0. The van der Waals surface area contributed by atoms with Gasteiger partial charge in [0, 0.05) is 31.7 Å². The molecule has 0 aromatic heterocycles. The molecule has 172 valence electrons. The van der Waals surface area contributed by atoms with E-state index in [1.807, 2.05) is 55.5 Å². The smallest absolute Gasteiger partial charge is 0.332 e. The Labute approximate surface area is 192 Å². The molecular formula is C27H36N2O3. The fourth-order valence-electron chi connectivity index (χ4n) is 4.55. The first-order valence-electron chi connectivity index (χ1n) is 11.9. The number of para-hydroxylation sites is 1. The van der Waals surface area contributed by atoms with Gasteiger partial charge in [-0.15, -0.1) is 0 Å². The molecule has 2 aromatic rings. The highest BCUT2D eigenvalue weighted by atomic mass is 16.5. The second-order valence-corrected chi connectivity index (χ2v) is 8.54. The van der Waals surface area contributed by atoms with Crippen molar-refractivity contribution in [3.05, 3.63) is 66.2 Å². The van der Waals surface area contributed by atoms with Gasteiger partial charge in [-0.25, -0.2) is 4.79 Å². The normalized spacial score (nSPS) is 15.8. The molecule has 0 radical (unpaired) electrons. The Morgan fingerprint density at radius 1 is 0.938 bits per heavy atom. The molecule has 1 saturated heterocycles. The topological polar surface area (TPSA) is 49.9 Å². The highest BCUT2D eigenvalue weighted by molar-refractivity contribution is 6.02. The summed E-state index contributed by atoms with van der Waals surface area (Å²) < 4.78 is 5.57. The maximum Gasteiger partial charge on any atom is 0.332 e. The van der Waals surface area contributed by atoms with Gasteiger partial charge in [0.05, 0.1) is 6.61 Å². The van der Waals surface area contributed by atoms with Crippen molar-refractivity contribution in [3.8, 4) is 0 Å². The van der Waals surface area contributed by atoms with Gasteiger partial charge in [-0.3, -0.25) is 14.6 Å². The minimum absolute atomic E-state index is 0.00853. The van der Waals surface area contributed by atoms with Gasteiger partial charge in [-0.05, 0) is 43.9 Å². The van der Waals surface area contributed by atoms with Crippen molar-refractivity contribution < 1.29 is 14.3 Å². The van der Waals surface area contributed by atoms with E-state index < -0.39 is 5.54 Å². The third-order valence-corrected chi connectivity index (χ3v) is 6.27. The zero-order valence-electron chi connectivity index (χ0n) is 19.5. The van der Waals surface area contributed by atoms with Gasteiger partial charge in [0.1, 0.15) is 5.54 Å². The zero-order chi connectivity index (χ0) is 22.8. The third-order valence-electron chi connectivity index (χ3n) is 6.27. The Bertz CT molecular complexity index is 846. The number of unbranched alkanes of at least 4 members (excludes halogenated alkanes) is 2. The van der Waals surface area contributed by atoms with E-state index in [4.69, 9.17) is 4.74 Å². The predicted molar refractivity (Wildman–Crippen MR) is 128 cm³/mol. The predicted octanol–water partition coefficient (Wildman–Crippen LogP) is 5.20. The molecule has 1 aliphatic heterocycles. The Kier molecular flexibility index (Phi) is 8.86. The number of likely N-dealkylation sites (tertiary alicyclic amines) is 1. The van der Waals surface area contributed by atoms with Crippen LogP contribution < -0.4 is 4.90 Å². The van der Waals surface area contributed by atoms with Crippen molar-refractivity contribution in [2.75, 3.05) is 24.6 Å². The summed E-state index contributed by atoms with van der Waals surface area (Å²) in [5, 5.41) is 0. The first-order chi connectivity index (χ1) is 15.6. The van der Waals surface area contributed by atoms with Crippen molar-refractivity contribution in [2.45, 2.75) is 64.5 Å². The quantitative estimate of drug-likeness (QED) is 0.380. The van der Waals surface area contributed by atoms with E-state index >= 15 is 0 Å². The summed E-state index contributed by atoms with van der Waals surface area (Å²) in [7, 11) is 0. The van der Waals surface area contributed by atoms with Crippen LogP contribution >= 0.6 is 0 Å². The molecule has 1 aliphatic rings. The molecular weight excluding hydrogens is 400 g/mol. The molecule has 32 heavy (non-hydrogen) atoms. The van der Waals surface area contributed by atoms with E-state index in [1.54, 1.807) is 4.90 Å². The summed E-state index contributed by atoms with van der Waals surface area (Å²) in [6, 6.07) is 20.0. The van der Waals surface area contributed by atoms with Crippen LogP contribution in [-0.2, 0) is 20.9 Å². The molecule has 1 amide bonds. The van der Waals surface area contributed by atoms with E-state index in [2.05, 4.69) is 24.0 Å². The molecule has 3 rings (SSSR count). The number of hydrogen-bond donors (Lipinski definition) is 0. The number of esters is 1. The maximum atomic E-state index is 13.5. The second-order valence-electron chi connectivity index (χ2n) is 8.54. The summed E-state index contributed by atoms with van der Waals surface area (Å²) in [6.07, 6.45) is 4.46. The molecule has 2 aromatic carbocycles. The number of benzene rings is 2. The summed E-state index contributed by atoms with van der Waals surface area (Å²) in [6.45, 7) is 6.57. The van der Waals surface area contributed by atoms with Gasteiger partial charge < -0.3 is 4.74 Å². The number of carbonyl (C=O) groups is 2. The molecule has 1 heterocycles. The van der Waals surface area contributed by atoms with Crippen LogP contribution in [0.15, 0.2) is 60.7 Å². The lowest BCUT2D eigenvalue weighted by atomic mass is 9.84. The van der Waals surface area contributed by atoms with E-state index in [1.165, 1.54) is 5.56 Å². The molecule has 0 N–H and O–H groups in total. The van der Waals surface area contributed by atoms with Crippen LogP contribution in [0.3, 0.4) is 0 Å². The summed E-state index contributed by atoms with van der Waals surface area (Å²) in [4.78, 5) is 31.0. The minimum Gasteiger partial charge on any atom is -0.464 e. The molecule has 1 fully saturated rings. The molecule has 0 unspecified atom stereocenters. The lowest BCUT2D eigenvalue weighted by Gasteiger charge is -2.46. The van der Waals surface area contributed by atoms with E-state index in [0.29, 0.717) is 25.9 Å². The number of hydrogen-bond acceptors (Lipinski definition) is 4. The minimum atomic E-state index is -0.964. The lowest BCUT2D eigenvalue weighted by molar-refractivity contribution is -0.153.